The molecule has 0 aromatic heterocycles. The summed E-state index contributed by atoms with van der Waals surface area (Å²) in [5, 5.41) is 8.75. The fourth-order valence-electron chi connectivity index (χ4n) is 1.09. The van der Waals surface area contributed by atoms with E-state index in [2.05, 4.69) is 24.8 Å². The molecular formula is C9H14N2. The highest BCUT2D eigenvalue weighted by atomic mass is 15.2. The molecule has 1 aliphatic rings. The highest BCUT2D eigenvalue weighted by Gasteiger charge is 2.16. The summed E-state index contributed by atoms with van der Waals surface area (Å²) < 4.78 is 0. The second kappa shape index (κ2) is 3.43. The molecule has 0 amide bonds. The van der Waals surface area contributed by atoms with Gasteiger partial charge in [-0.1, -0.05) is 13.8 Å². The maximum atomic E-state index is 8.75. The molecule has 0 aromatic rings. The lowest BCUT2D eigenvalue weighted by atomic mass is 10.1. The molecule has 1 heterocycles. The smallest absolute Gasteiger partial charge is 0.117 e. The molecule has 0 aliphatic carbocycles. The van der Waals surface area contributed by atoms with E-state index in [9.17, 15) is 0 Å². The fraction of sp³-hybridized carbons (Fsp3) is 0.667. The van der Waals surface area contributed by atoms with Crippen molar-refractivity contribution in [2.45, 2.75) is 20.3 Å². The average molecular weight is 150 g/mol. The summed E-state index contributed by atoms with van der Waals surface area (Å²) >= 11 is 0. The van der Waals surface area contributed by atoms with Crippen LogP contribution in [0.3, 0.4) is 0 Å². The van der Waals surface area contributed by atoms with Gasteiger partial charge >= 0.3 is 0 Å². The Kier molecular flexibility index (Phi) is 2.53. The molecule has 0 saturated carbocycles. The Morgan fingerprint density at radius 1 is 1.55 bits per heavy atom. The first kappa shape index (κ1) is 8.13. The standard InChI is InChI=1S/C9H14N2/c1-8(2)6-9(7-10)11-4-3-5-11/h6,8H,3-5H2,1-2H3/b9-6-. The van der Waals surface area contributed by atoms with E-state index in [0.29, 0.717) is 5.92 Å². The van der Waals surface area contributed by atoms with Gasteiger partial charge in [-0.05, 0) is 18.4 Å². The second-order valence-corrected chi connectivity index (χ2v) is 3.25. The van der Waals surface area contributed by atoms with Gasteiger partial charge in [0.25, 0.3) is 0 Å². The summed E-state index contributed by atoms with van der Waals surface area (Å²) in [5.74, 6) is 0.477. The number of rotatable bonds is 2. The highest BCUT2D eigenvalue weighted by Crippen LogP contribution is 2.15. The highest BCUT2D eigenvalue weighted by molar-refractivity contribution is 5.21. The van der Waals surface area contributed by atoms with Crippen LogP contribution in [-0.4, -0.2) is 18.0 Å². The van der Waals surface area contributed by atoms with E-state index >= 15 is 0 Å². The molecule has 0 aromatic carbocycles. The molecule has 1 rings (SSSR count). The molecular weight excluding hydrogens is 136 g/mol. The number of nitrogens with zero attached hydrogens (tertiary/aromatic N) is 2. The zero-order valence-electron chi connectivity index (χ0n) is 7.17. The van der Waals surface area contributed by atoms with Crippen molar-refractivity contribution in [1.82, 2.24) is 4.90 Å². The quantitative estimate of drug-likeness (QED) is 0.561. The summed E-state index contributed by atoms with van der Waals surface area (Å²) in [6.45, 7) is 6.31. The Bertz CT molecular complexity index is 194. The van der Waals surface area contributed by atoms with Crippen LogP contribution in [-0.2, 0) is 0 Å². The van der Waals surface area contributed by atoms with Crippen molar-refractivity contribution >= 4 is 0 Å². The minimum absolute atomic E-state index is 0.477. The minimum Gasteiger partial charge on any atom is -0.363 e. The van der Waals surface area contributed by atoms with Crippen molar-refractivity contribution < 1.29 is 0 Å². The first-order chi connectivity index (χ1) is 5.24. The lowest BCUT2D eigenvalue weighted by Gasteiger charge is -2.32. The van der Waals surface area contributed by atoms with Crippen LogP contribution in [0.1, 0.15) is 20.3 Å². The topological polar surface area (TPSA) is 27.0 Å². The van der Waals surface area contributed by atoms with Crippen LogP contribution < -0.4 is 0 Å². The number of hydrogen-bond acceptors (Lipinski definition) is 2. The van der Waals surface area contributed by atoms with Crippen molar-refractivity contribution in [3.8, 4) is 6.07 Å². The number of nitriles is 1. The molecule has 1 aliphatic heterocycles. The monoisotopic (exact) mass is 150 g/mol. The number of likely N-dealkylation sites (tertiary alicyclic amines) is 1. The molecule has 60 valence electrons. The van der Waals surface area contributed by atoms with E-state index in [1.54, 1.807) is 0 Å². The van der Waals surface area contributed by atoms with Gasteiger partial charge in [0.2, 0.25) is 0 Å². The molecule has 0 unspecified atom stereocenters. The van der Waals surface area contributed by atoms with Gasteiger partial charge in [-0.2, -0.15) is 5.26 Å². The molecule has 2 heteroatoms. The van der Waals surface area contributed by atoms with Crippen LogP contribution in [0.15, 0.2) is 11.8 Å². The SMILES string of the molecule is CC(C)/C=C(/C#N)N1CCC1. The third-order valence-electron chi connectivity index (χ3n) is 1.80. The number of hydrogen-bond donors (Lipinski definition) is 0. The van der Waals surface area contributed by atoms with E-state index < -0.39 is 0 Å². The second-order valence-electron chi connectivity index (χ2n) is 3.25. The molecule has 1 saturated heterocycles. The normalized spacial score (nSPS) is 18.0. The van der Waals surface area contributed by atoms with E-state index in [4.69, 9.17) is 5.26 Å². The summed E-state index contributed by atoms with van der Waals surface area (Å²) in [6.07, 6.45) is 3.26. The first-order valence-electron chi connectivity index (χ1n) is 4.11. The van der Waals surface area contributed by atoms with Crippen molar-refractivity contribution in [3.05, 3.63) is 11.8 Å². The third kappa shape index (κ3) is 1.98. The average Bonchev–Trinajstić information content (AvgIpc) is 1.81. The summed E-state index contributed by atoms with van der Waals surface area (Å²) in [4.78, 5) is 2.12. The van der Waals surface area contributed by atoms with Crippen LogP contribution >= 0.6 is 0 Å². The molecule has 11 heavy (non-hydrogen) atoms. The van der Waals surface area contributed by atoms with Crippen LogP contribution in [0.5, 0.6) is 0 Å². The zero-order chi connectivity index (χ0) is 8.27. The van der Waals surface area contributed by atoms with E-state index in [-0.39, 0.29) is 0 Å². The number of allylic oxidation sites excluding steroid dienone is 2. The Balaban J connectivity index is 2.56. The predicted molar refractivity (Wildman–Crippen MR) is 44.7 cm³/mol. The van der Waals surface area contributed by atoms with Crippen molar-refractivity contribution in [1.29, 1.82) is 5.26 Å². The van der Waals surface area contributed by atoms with Gasteiger partial charge in [0.15, 0.2) is 0 Å². The van der Waals surface area contributed by atoms with Gasteiger partial charge in [-0.3, -0.25) is 0 Å². The Morgan fingerprint density at radius 3 is 2.45 bits per heavy atom. The Labute approximate surface area is 68.1 Å². The van der Waals surface area contributed by atoms with E-state index in [1.807, 2.05) is 6.08 Å². The van der Waals surface area contributed by atoms with Gasteiger partial charge in [0.1, 0.15) is 11.8 Å². The Hall–Kier alpha value is -0.970. The third-order valence-corrected chi connectivity index (χ3v) is 1.80. The Morgan fingerprint density at radius 2 is 2.18 bits per heavy atom. The van der Waals surface area contributed by atoms with Crippen molar-refractivity contribution in [3.63, 3.8) is 0 Å². The molecule has 1 fully saturated rings. The first-order valence-corrected chi connectivity index (χ1v) is 4.11. The lowest BCUT2D eigenvalue weighted by Crippen LogP contribution is -2.35. The maximum absolute atomic E-state index is 8.75. The van der Waals surface area contributed by atoms with Gasteiger partial charge in [0, 0.05) is 13.1 Å². The van der Waals surface area contributed by atoms with Crippen molar-refractivity contribution in [2.24, 2.45) is 5.92 Å². The molecule has 0 spiro atoms. The predicted octanol–water partition coefficient (Wildman–Crippen LogP) is 1.76. The summed E-state index contributed by atoms with van der Waals surface area (Å²) in [7, 11) is 0. The van der Waals surface area contributed by atoms with Crippen LogP contribution in [0.4, 0.5) is 0 Å². The van der Waals surface area contributed by atoms with Crippen LogP contribution in [0.2, 0.25) is 0 Å². The molecule has 2 nitrogen and oxygen atoms in total. The largest absolute Gasteiger partial charge is 0.363 e. The van der Waals surface area contributed by atoms with Crippen LogP contribution in [0.25, 0.3) is 0 Å². The van der Waals surface area contributed by atoms with Gasteiger partial charge < -0.3 is 4.90 Å². The lowest BCUT2D eigenvalue weighted by molar-refractivity contribution is 0.247. The summed E-state index contributed by atoms with van der Waals surface area (Å²) in [5.41, 5.74) is 0.853. The maximum Gasteiger partial charge on any atom is 0.117 e. The molecule has 0 atom stereocenters. The minimum atomic E-state index is 0.477. The van der Waals surface area contributed by atoms with Crippen LogP contribution in [0, 0.1) is 17.2 Å². The molecule has 0 bridgehead atoms. The van der Waals surface area contributed by atoms with E-state index in [1.165, 1.54) is 6.42 Å². The fourth-order valence-corrected chi connectivity index (χ4v) is 1.09. The van der Waals surface area contributed by atoms with Gasteiger partial charge in [0.05, 0.1) is 0 Å². The molecule has 0 radical (unpaired) electrons. The molecule has 0 N–H and O–H groups in total. The summed E-state index contributed by atoms with van der Waals surface area (Å²) in [6, 6.07) is 2.22. The zero-order valence-corrected chi connectivity index (χ0v) is 7.17. The van der Waals surface area contributed by atoms with Gasteiger partial charge in [-0.25, -0.2) is 0 Å². The van der Waals surface area contributed by atoms with Crippen molar-refractivity contribution in [2.75, 3.05) is 13.1 Å². The van der Waals surface area contributed by atoms with Gasteiger partial charge in [-0.15, -0.1) is 0 Å². The van der Waals surface area contributed by atoms with E-state index in [0.717, 1.165) is 18.8 Å².